The summed E-state index contributed by atoms with van der Waals surface area (Å²) in [5.74, 6) is 0. The summed E-state index contributed by atoms with van der Waals surface area (Å²) in [6.07, 6.45) is 0. The minimum absolute atomic E-state index is 0.0416. The van der Waals surface area contributed by atoms with Crippen LogP contribution in [0.4, 0.5) is 16.5 Å². The number of hydrogen-bond donors (Lipinski definition) is 2. The molecule has 0 aliphatic rings. The molecule has 0 saturated carbocycles. The molecule has 1 aromatic heterocycles. The van der Waals surface area contributed by atoms with Gasteiger partial charge in [0.1, 0.15) is 0 Å². The zero-order valence-corrected chi connectivity index (χ0v) is 11.5. The van der Waals surface area contributed by atoms with Crippen LogP contribution in [-0.2, 0) is 0 Å². The number of nitrogens with zero attached hydrogens (tertiary/aromatic N) is 2. The number of nitro benzene ring substituents is 1. The molecule has 0 aliphatic carbocycles. The summed E-state index contributed by atoms with van der Waals surface area (Å²) in [6.45, 7) is 1.90. The van der Waals surface area contributed by atoms with Gasteiger partial charge < -0.3 is 10.6 Å². The van der Waals surface area contributed by atoms with Crippen molar-refractivity contribution in [1.29, 1.82) is 0 Å². The van der Waals surface area contributed by atoms with Crippen molar-refractivity contribution in [2.45, 2.75) is 6.92 Å². The minimum atomic E-state index is -0.446. The minimum Gasteiger partial charge on any atom is -0.332 e. The first-order valence-corrected chi connectivity index (χ1v) is 6.58. The molecule has 1 aromatic carbocycles. The van der Waals surface area contributed by atoms with Crippen molar-refractivity contribution in [3.8, 4) is 0 Å². The summed E-state index contributed by atoms with van der Waals surface area (Å²) in [6, 6.07) is 6.02. The van der Waals surface area contributed by atoms with Gasteiger partial charge in [0.05, 0.1) is 10.6 Å². The molecule has 0 aliphatic heterocycles. The standard InChI is InChI=1S/C11H10N4O2S2/c1-7-6-19-11(12-7)14-10(18)13-8-2-4-9(5-3-8)15(16)17/h2-6H,1H3,(H2,12,13,14,18). The molecule has 0 fully saturated rings. The van der Waals surface area contributed by atoms with Gasteiger partial charge in [0.2, 0.25) is 0 Å². The average Bonchev–Trinajstić information content (AvgIpc) is 2.75. The highest BCUT2D eigenvalue weighted by atomic mass is 32.1. The number of rotatable bonds is 3. The third kappa shape index (κ3) is 3.70. The molecular formula is C11H10N4O2S2. The van der Waals surface area contributed by atoms with Crippen LogP contribution in [0.3, 0.4) is 0 Å². The third-order valence-electron chi connectivity index (χ3n) is 2.18. The monoisotopic (exact) mass is 294 g/mol. The van der Waals surface area contributed by atoms with E-state index in [1.165, 1.54) is 23.5 Å². The van der Waals surface area contributed by atoms with Gasteiger partial charge in [-0.1, -0.05) is 0 Å². The van der Waals surface area contributed by atoms with Crippen molar-refractivity contribution >= 4 is 45.2 Å². The van der Waals surface area contributed by atoms with E-state index in [1.807, 2.05) is 12.3 Å². The Morgan fingerprint density at radius 1 is 1.37 bits per heavy atom. The molecule has 2 N–H and O–H groups in total. The number of aryl methyl sites for hydroxylation is 1. The molecule has 2 rings (SSSR count). The second-order valence-electron chi connectivity index (χ2n) is 3.68. The Morgan fingerprint density at radius 3 is 2.58 bits per heavy atom. The van der Waals surface area contributed by atoms with Crippen molar-refractivity contribution in [1.82, 2.24) is 4.98 Å². The lowest BCUT2D eigenvalue weighted by Gasteiger charge is -2.07. The van der Waals surface area contributed by atoms with Crippen molar-refractivity contribution in [2.24, 2.45) is 0 Å². The van der Waals surface area contributed by atoms with Crippen LogP contribution < -0.4 is 10.6 Å². The van der Waals surface area contributed by atoms with E-state index < -0.39 is 4.92 Å². The van der Waals surface area contributed by atoms with Crippen LogP contribution in [0.25, 0.3) is 0 Å². The quantitative estimate of drug-likeness (QED) is 0.514. The van der Waals surface area contributed by atoms with E-state index in [1.54, 1.807) is 12.1 Å². The first-order chi connectivity index (χ1) is 9.04. The summed E-state index contributed by atoms with van der Waals surface area (Å²) < 4.78 is 0. The fourth-order valence-corrected chi connectivity index (χ4v) is 2.31. The Labute approximate surface area is 118 Å². The van der Waals surface area contributed by atoms with Crippen LogP contribution in [0.5, 0.6) is 0 Å². The van der Waals surface area contributed by atoms with Gasteiger partial charge in [0.25, 0.3) is 5.69 Å². The van der Waals surface area contributed by atoms with E-state index in [-0.39, 0.29) is 5.69 Å². The molecule has 0 spiro atoms. The Bertz CT molecular complexity index is 609. The number of non-ortho nitro benzene ring substituents is 1. The van der Waals surface area contributed by atoms with Crippen molar-refractivity contribution in [3.05, 3.63) is 45.5 Å². The van der Waals surface area contributed by atoms with Gasteiger partial charge in [-0.15, -0.1) is 11.3 Å². The first kappa shape index (κ1) is 13.4. The molecule has 0 amide bonds. The van der Waals surface area contributed by atoms with E-state index in [4.69, 9.17) is 12.2 Å². The van der Waals surface area contributed by atoms with Crippen LogP contribution in [-0.4, -0.2) is 15.0 Å². The number of thiocarbonyl (C=S) groups is 1. The molecule has 2 aromatic rings. The summed E-state index contributed by atoms with van der Waals surface area (Å²) in [7, 11) is 0. The lowest BCUT2D eigenvalue weighted by atomic mass is 10.3. The van der Waals surface area contributed by atoms with Gasteiger partial charge in [0, 0.05) is 23.2 Å². The number of hydrogen-bond acceptors (Lipinski definition) is 5. The highest BCUT2D eigenvalue weighted by Crippen LogP contribution is 2.17. The highest BCUT2D eigenvalue weighted by Gasteiger charge is 2.05. The number of aromatic nitrogens is 1. The van der Waals surface area contributed by atoms with Gasteiger partial charge in [-0.25, -0.2) is 4.98 Å². The predicted octanol–water partition coefficient (Wildman–Crippen LogP) is 3.17. The maximum atomic E-state index is 10.5. The number of benzene rings is 1. The summed E-state index contributed by atoms with van der Waals surface area (Å²) in [4.78, 5) is 14.3. The summed E-state index contributed by atoms with van der Waals surface area (Å²) in [5, 5.41) is 19.4. The molecule has 0 saturated heterocycles. The summed E-state index contributed by atoms with van der Waals surface area (Å²) >= 11 is 6.58. The van der Waals surface area contributed by atoms with E-state index in [0.717, 1.165) is 5.69 Å². The molecule has 1 heterocycles. The van der Waals surface area contributed by atoms with Gasteiger partial charge in [-0.3, -0.25) is 10.1 Å². The van der Waals surface area contributed by atoms with Crippen LogP contribution >= 0.6 is 23.6 Å². The summed E-state index contributed by atoms with van der Waals surface area (Å²) in [5.41, 5.74) is 1.64. The SMILES string of the molecule is Cc1csc(NC(=S)Nc2ccc([N+](=O)[O-])cc2)n1. The maximum Gasteiger partial charge on any atom is 0.269 e. The molecular weight excluding hydrogens is 284 g/mol. The second kappa shape index (κ2) is 5.72. The highest BCUT2D eigenvalue weighted by molar-refractivity contribution is 7.80. The van der Waals surface area contributed by atoms with E-state index >= 15 is 0 Å². The second-order valence-corrected chi connectivity index (χ2v) is 4.94. The molecule has 0 atom stereocenters. The van der Waals surface area contributed by atoms with Crippen LogP contribution in [0.2, 0.25) is 0 Å². The molecule has 19 heavy (non-hydrogen) atoms. The molecule has 0 bridgehead atoms. The molecule has 98 valence electrons. The first-order valence-electron chi connectivity index (χ1n) is 5.29. The fourth-order valence-electron chi connectivity index (χ4n) is 1.34. The normalized spacial score (nSPS) is 9.95. The predicted molar refractivity (Wildman–Crippen MR) is 79.8 cm³/mol. The van der Waals surface area contributed by atoms with Crippen LogP contribution in [0, 0.1) is 17.0 Å². The van der Waals surface area contributed by atoms with E-state index in [0.29, 0.717) is 15.9 Å². The lowest BCUT2D eigenvalue weighted by Crippen LogP contribution is -2.18. The van der Waals surface area contributed by atoms with E-state index in [2.05, 4.69) is 15.6 Å². The smallest absolute Gasteiger partial charge is 0.269 e. The van der Waals surface area contributed by atoms with Crippen molar-refractivity contribution in [3.63, 3.8) is 0 Å². The Morgan fingerprint density at radius 2 is 2.05 bits per heavy atom. The largest absolute Gasteiger partial charge is 0.332 e. The van der Waals surface area contributed by atoms with Crippen molar-refractivity contribution < 1.29 is 4.92 Å². The lowest BCUT2D eigenvalue weighted by molar-refractivity contribution is -0.384. The van der Waals surface area contributed by atoms with Crippen molar-refractivity contribution in [2.75, 3.05) is 10.6 Å². The average molecular weight is 294 g/mol. The number of anilines is 2. The van der Waals surface area contributed by atoms with Gasteiger partial charge >= 0.3 is 0 Å². The zero-order chi connectivity index (χ0) is 13.8. The van der Waals surface area contributed by atoms with E-state index in [9.17, 15) is 10.1 Å². The van der Waals surface area contributed by atoms with Crippen LogP contribution in [0.1, 0.15) is 5.69 Å². The number of thiazole rings is 1. The maximum absolute atomic E-state index is 10.5. The Balaban J connectivity index is 1.97. The fraction of sp³-hybridized carbons (Fsp3) is 0.0909. The molecule has 0 unspecified atom stereocenters. The molecule has 8 heteroatoms. The topological polar surface area (TPSA) is 80.1 Å². The molecule has 0 radical (unpaired) electrons. The number of nitro groups is 1. The van der Waals surface area contributed by atoms with Gasteiger partial charge in [0.15, 0.2) is 10.2 Å². The van der Waals surface area contributed by atoms with Crippen LogP contribution in [0.15, 0.2) is 29.6 Å². The zero-order valence-electron chi connectivity index (χ0n) is 9.91. The Hall–Kier alpha value is -2.06. The molecule has 6 nitrogen and oxygen atoms in total. The Kier molecular flexibility index (Phi) is 4.03. The third-order valence-corrected chi connectivity index (χ3v) is 3.26. The van der Waals surface area contributed by atoms with Gasteiger partial charge in [-0.05, 0) is 31.3 Å². The van der Waals surface area contributed by atoms with Gasteiger partial charge in [-0.2, -0.15) is 0 Å². The number of nitrogens with one attached hydrogen (secondary N) is 2.